The van der Waals surface area contributed by atoms with Gasteiger partial charge in [0.05, 0.1) is 18.4 Å². The van der Waals surface area contributed by atoms with E-state index in [4.69, 9.17) is 0 Å². The first-order valence-electron chi connectivity index (χ1n) is 6.09. The summed E-state index contributed by atoms with van der Waals surface area (Å²) in [5, 5.41) is 7.87. The lowest BCUT2D eigenvalue weighted by Crippen LogP contribution is -2.26. The molecule has 0 aromatic carbocycles. The van der Waals surface area contributed by atoms with E-state index in [0.717, 1.165) is 24.3 Å². The van der Waals surface area contributed by atoms with Crippen molar-refractivity contribution in [1.29, 1.82) is 0 Å². The number of nitrogens with zero attached hydrogens (tertiary/aromatic N) is 3. The fourth-order valence-electron chi connectivity index (χ4n) is 2.27. The van der Waals surface area contributed by atoms with Crippen LogP contribution in [0.25, 0.3) is 11.3 Å². The van der Waals surface area contributed by atoms with Crippen molar-refractivity contribution in [1.82, 2.24) is 20.1 Å². The second-order valence-electron chi connectivity index (χ2n) is 4.46. The van der Waals surface area contributed by atoms with Gasteiger partial charge < -0.3 is 5.32 Å². The summed E-state index contributed by atoms with van der Waals surface area (Å²) in [6.45, 7) is 2.09. The first kappa shape index (κ1) is 10.5. The van der Waals surface area contributed by atoms with Crippen molar-refractivity contribution in [3.63, 3.8) is 0 Å². The highest BCUT2D eigenvalue weighted by molar-refractivity contribution is 5.56. The van der Waals surface area contributed by atoms with Gasteiger partial charge in [0.25, 0.3) is 0 Å². The van der Waals surface area contributed by atoms with Crippen molar-refractivity contribution in [2.24, 2.45) is 0 Å². The van der Waals surface area contributed by atoms with Crippen molar-refractivity contribution < 1.29 is 0 Å². The maximum Gasteiger partial charge on any atom is 0.0733 e. The third-order valence-electron chi connectivity index (χ3n) is 3.16. The number of nitrogens with one attached hydrogen (secondary N) is 1. The molecule has 0 amide bonds. The lowest BCUT2D eigenvalue weighted by Gasteiger charge is -2.09. The van der Waals surface area contributed by atoms with E-state index in [1.54, 1.807) is 0 Å². The van der Waals surface area contributed by atoms with Gasteiger partial charge in [0.2, 0.25) is 0 Å². The zero-order valence-electron chi connectivity index (χ0n) is 9.71. The van der Waals surface area contributed by atoms with E-state index in [2.05, 4.69) is 21.6 Å². The predicted octanol–water partition coefficient (Wildman–Crippen LogP) is 1.70. The first-order chi connectivity index (χ1) is 8.42. The van der Waals surface area contributed by atoms with Crippen LogP contribution in [-0.2, 0) is 6.54 Å². The van der Waals surface area contributed by atoms with Gasteiger partial charge in [-0.25, -0.2) is 0 Å². The summed E-state index contributed by atoms with van der Waals surface area (Å²) in [6.07, 6.45) is 8.29. The van der Waals surface area contributed by atoms with Crippen LogP contribution in [0.2, 0.25) is 0 Å². The molecule has 2 aromatic rings. The van der Waals surface area contributed by atoms with E-state index in [1.165, 1.54) is 12.8 Å². The topological polar surface area (TPSA) is 42.7 Å². The van der Waals surface area contributed by atoms with Gasteiger partial charge in [-0.1, -0.05) is 6.07 Å². The average molecular weight is 228 g/mol. The number of hydrogen-bond acceptors (Lipinski definition) is 3. The lowest BCUT2D eigenvalue weighted by molar-refractivity contribution is 0.476. The fraction of sp³-hybridized carbons (Fsp3) is 0.385. The van der Waals surface area contributed by atoms with Gasteiger partial charge in [-0.3, -0.25) is 9.67 Å². The Morgan fingerprint density at radius 3 is 3.18 bits per heavy atom. The van der Waals surface area contributed by atoms with Crippen molar-refractivity contribution >= 4 is 0 Å². The molecular formula is C13H16N4. The molecule has 3 rings (SSSR count). The molecule has 4 heteroatoms. The van der Waals surface area contributed by atoms with Crippen molar-refractivity contribution in [3.05, 3.63) is 36.8 Å². The van der Waals surface area contributed by atoms with Crippen LogP contribution in [0.5, 0.6) is 0 Å². The third-order valence-corrected chi connectivity index (χ3v) is 3.16. The monoisotopic (exact) mass is 228 g/mol. The van der Waals surface area contributed by atoms with Gasteiger partial charge in [0.15, 0.2) is 0 Å². The molecule has 0 bridgehead atoms. The molecule has 1 fully saturated rings. The standard InChI is InChI=1S/C13H16N4/c1-2-6-15-13(5-1)11-8-16-17(9-11)10-12-4-3-7-14-12/h1-2,5-6,8-9,12,14H,3-4,7,10H2. The fourth-order valence-corrected chi connectivity index (χ4v) is 2.27. The Labute approximate surface area is 101 Å². The van der Waals surface area contributed by atoms with Crippen LogP contribution in [0.1, 0.15) is 12.8 Å². The Morgan fingerprint density at radius 1 is 1.41 bits per heavy atom. The molecule has 17 heavy (non-hydrogen) atoms. The van der Waals surface area contributed by atoms with Gasteiger partial charge in [-0.15, -0.1) is 0 Å². The van der Waals surface area contributed by atoms with Crippen LogP contribution in [0, 0.1) is 0 Å². The second kappa shape index (κ2) is 4.67. The smallest absolute Gasteiger partial charge is 0.0733 e. The molecule has 1 N–H and O–H groups in total. The van der Waals surface area contributed by atoms with Crippen molar-refractivity contribution in [3.8, 4) is 11.3 Å². The lowest BCUT2D eigenvalue weighted by atomic mass is 10.2. The van der Waals surface area contributed by atoms with Gasteiger partial charge in [0, 0.05) is 24.0 Å². The minimum atomic E-state index is 0.575. The van der Waals surface area contributed by atoms with Crippen LogP contribution in [0.15, 0.2) is 36.8 Å². The number of rotatable bonds is 3. The normalized spacial score (nSPS) is 19.6. The molecule has 1 aliphatic rings. The minimum absolute atomic E-state index is 0.575. The van der Waals surface area contributed by atoms with E-state index in [-0.39, 0.29) is 0 Å². The average Bonchev–Trinajstić information content (AvgIpc) is 3.02. The Balaban J connectivity index is 1.74. The molecule has 0 saturated carbocycles. The zero-order chi connectivity index (χ0) is 11.5. The number of pyridine rings is 1. The molecule has 1 aliphatic heterocycles. The van der Waals surface area contributed by atoms with Crippen LogP contribution in [0.3, 0.4) is 0 Å². The Bertz CT molecular complexity index is 471. The van der Waals surface area contributed by atoms with Gasteiger partial charge in [-0.2, -0.15) is 5.10 Å². The second-order valence-corrected chi connectivity index (χ2v) is 4.46. The van der Waals surface area contributed by atoms with Gasteiger partial charge >= 0.3 is 0 Å². The molecule has 3 heterocycles. The minimum Gasteiger partial charge on any atom is -0.312 e. The predicted molar refractivity (Wildman–Crippen MR) is 66.5 cm³/mol. The van der Waals surface area contributed by atoms with E-state index >= 15 is 0 Å². The molecule has 0 radical (unpaired) electrons. The Hall–Kier alpha value is -1.68. The number of aromatic nitrogens is 3. The highest BCUT2D eigenvalue weighted by Gasteiger charge is 2.14. The van der Waals surface area contributed by atoms with Crippen LogP contribution < -0.4 is 5.32 Å². The summed E-state index contributed by atoms with van der Waals surface area (Å²) in [4.78, 5) is 4.33. The van der Waals surface area contributed by atoms with Crippen LogP contribution in [-0.4, -0.2) is 27.4 Å². The molecule has 88 valence electrons. The number of hydrogen-bond donors (Lipinski definition) is 1. The zero-order valence-corrected chi connectivity index (χ0v) is 9.71. The Kier molecular flexibility index (Phi) is 2.88. The molecule has 1 saturated heterocycles. The van der Waals surface area contributed by atoms with E-state index in [1.807, 2.05) is 35.3 Å². The largest absolute Gasteiger partial charge is 0.312 e. The third kappa shape index (κ3) is 2.36. The van der Waals surface area contributed by atoms with Crippen LogP contribution in [0.4, 0.5) is 0 Å². The van der Waals surface area contributed by atoms with Crippen molar-refractivity contribution in [2.45, 2.75) is 25.4 Å². The maximum atomic E-state index is 4.39. The SMILES string of the molecule is c1ccc(-c2cnn(CC3CCCN3)c2)nc1. The maximum absolute atomic E-state index is 4.39. The molecule has 0 aliphatic carbocycles. The summed E-state index contributed by atoms with van der Waals surface area (Å²) in [5.41, 5.74) is 2.07. The molecule has 1 atom stereocenters. The van der Waals surface area contributed by atoms with E-state index in [0.29, 0.717) is 6.04 Å². The van der Waals surface area contributed by atoms with Crippen molar-refractivity contribution in [2.75, 3.05) is 6.54 Å². The summed E-state index contributed by atoms with van der Waals surface area (Å²) in [6, 6.07) is 6.51. The first-order valence-corrected chi connectivity index (χ1v) is 6.09. The molecule has 1 unspecified atom stereocenters. The summed E-state index contributed by atoms with van der Waals surface area (Å²) < 4.78 is 2.01. The summed E-state index contributed by atoms with van der Waals surface area (Å²) >= 11 is 0. The van der Waals surface area contributed by atoms with Crippen LogP contribution >= 0.6 is 0 Å². The molecule has 4 nitrogen and oxygen atoms in total. The molecular weight excluding hydrogens is 212 g/mol. The highest BCUT2D eigenvalue weighted by atomic mass is 15.3. The van der Waals surface area contributed by atoms with E-state index in [9.17, 15) is 0 Å². The highest BCUT2D eigenvalue weighted by Crippen LogP contribution is 2.15. The van der Waals surface area contributed by atoms with Gasteiger partial charge in [-0.05, 0) is 31.5 Å². The van der Waals surface area contributed by atoms with Gasteiger partial charge in [0.1, 0.15) is 0 Å². The molecule has 2 aromatic heterocycles. The van der Waals surface area contributed by atoms with E-state index < -0.39 is 0 Å². The summed E-state index contributed by atoms with van der Waals surface area (Å²) in [7, 11) is 0. The quantitative estimate of drug-likeness (QED) is 0.869. The Morgan fingerprint density at radius 2 is 2.41 bits per heavy atom. The molecule has 0 spiro atoms. The summed E-state index contributed by atoms with van der Waals surface area (Å²) in [5.74, 6) is 0.